The van der Waals surface area contributed by atoms with Crippen molar-refractivity contribution in [1.29, 1.82) is 0 Å². The standard InChI is InChI=1S/C13H28N6O/c1-9-5-17(6-10(2)15-9)19(13(14)20)18-7-11(3)16-12(4)8-18/h9-12,15-16H,5-8H2,1-4H3,(H2,14,20). The molecule has 0 aromatic rings. The van der Waals surface area contributed by atoms with Gasteiger partial charge in [0.2, 0.25) is 0 Å². The summed E-state index contributed by atoms with van der Waals surface area (Å²) in [5.41, 5.74) is 5.64. The van der Waals surface area contributed by atoms with Gasteiger partial charge in [0.05, 0.1) is 0 Å². The summed E-state index contributed by atoms with van der Waals surface area (Å²) in [7, 11) is 0. The van der Waals surface area contributed by atoms with Crippen molar-refractivity contribution in [3.05, 3.63) is 0 Å². The van der Waals surface area contributed by atoms with E-state index in [4.69, 9.17) is 5.73 Å². The first kappa shape index (κ1) is 15.5. The van der Waals surface area contributed by atoms with Crippen LogP contribution in [0.2, 0.25) is 0 Å². The first-order valence-electron chi connectivity index (χ1n) is 7.48. The number of hydrogen-bond acceptors (Lipinski definition) is 5. The van der Waals surface area contributed by atoms with Crippen LogP contribution in [0.4, 0.5) is 4.79 Å². The molecular weight excluding hydrogens is 256 g/mol. The monoisotopic (exact) mass is 284 g/mol. The van der Waals surface area contributed by atoms with Gasteiger partial charge >= 0.3 is 6.03 Å². The van der Waals surface area contributed by atoms with Crippen molar-refractivity contribution >= 4 is 6.03 Å². The Kier molecular flexibility index (Phi) is 4.85. The number of nitrogens with two attached hydrogens (primary N) is 1. The molecule has 2 rings (SSSR count). The molecule has 0 aromatic carbocycles. The minimum absolute atomic E-state index is 0.346. The molecule has 2 saturated heterocycles. The van der Waals surface area contributed by atoms with Crippen LogP contribution in [-0.4, -0.2) is 71.5 Å². The highest BCUT2D eigenvalue weighted by Gasteiger charge is 2.34. The van der Waals surface area contributed by atoms with Crippen LogP contribution in [0.25, 0.3) is 0 Å². The van der Waals surface area contributed by atoms with Gasteiger partial charge in [0.1, 0.15) is 0 Å². The van der Waals surface area contributed by atoms with Gasteiger partial charge in [-0.1, -0.05) is 0 Å². The second-order valence-corrected chi connectivity index (χ2v) is 6.31. The number of primary amides is 1. The number of amides is 2. The number of carbonyl (C=O) groups is 1. The van der Waals surface area contributed by atoms with Crippen molar-refractivity contribution in [2.45, 2.75) is 51.9 Å². The average Bonchev–Trinajstić information content (AvgIpc) is 2.25. The van der Waals surface area contributed by atoms with Crippen molar-refractivity contribution in [3.63, 3.8) is 0 Å². The van der Waals surface area contributed by atoms with Crippen molar-refractivity contribution in [2.75, 3.05) is 26.2 Å². The highest BCUT2D eigenvalue weighted by atomic mass is 16.2. The molecule has 2 amide bonds. The van der Waals surface area contributed by atoms with Gasteiger partial charge in [-0.2, -0.15) is 15.1 Å². The number of nitrogens with one attached hydrogen (secondary N) is 2. The Balaban J connectivity index is 2.11. The van der Waals surface area contributed by atoms with Crippen LogP contribution in [0.15, 0.2) is 0 Å². The van der Waals surface area contributed by atoms with E-state index in [-0.39, 0.29) is 0 Å². The third-order valence-electron chi connectivity index (χ3n) is 3.81. The minimum atomic E-state index is -0.396. The van der Waals surface area contributed by atoms with Gasteiger partial charge in [-0.15, -0.1) is 0 Å². The van der Waals surface area contributed by atoms with E-state index in [1.807, 2.05) is 0 Å². The number of urea groups is 1. The fourth-order valence-corrected chi connectivity index (χ4v) is 3.36. The number of rotatable bonds is 2. The maximum absolute atomic E-state index is 11.9. The van der Waals surface area contributed by atoms with Crippen LogP contribution >= 0.6 is 0 Å². The van der Waals surface area contributed by atoms with Crippen LogP contribution < -0.4 is 16.4 Å². The lowest BCUT2D eigenvalue weighted by atomic mass is 10.2. The Bertz CT molecular complexity index is 306. The molecule has 116 valence electrons. The van der Waals surface area contributed by atoms with E-state index < -0.39 is 6.03 Å². The smallest absolute Gasteiger partial charge is 0.344 e. The van der Waals surface area contributed by atoms with Gasteiger partial charge in [0, 0.05) is 50.3 Å². The van der Waals surface area contributed by atoms with Gasteiger partial charge in [-0.25, -0.2) is 4.79 Å². The zero-order valence-corrected chi connectivity index (χ0v) is 13.0. The number of nitrogens with zero attached hydrogens (tertiary/aromatic N) is 3. The first-order valence-corrected chi connectivity index (χ1v) is 7.48. The van der Waals surface area contributed by atoms with Crippen molar-refractivity contribution in [2.24, 2.45) is 5.73 Å². The summed E-state index contributed by atoms with van der Waals surface area (Å²) in [4.78, 5) is 11.9. The zero-order chi connectivity index (χ0) is 14.9. The molecule has 4 unspecified atom stereocenters. The Morgan fingerprint density at radius 3 is 1.45 bits per heavy atom. The molecular formula is C13H28N6O. The molecule has 0 saturated carbocycles. The maximum atomic E-state index is 11.9. The number of hydrogen-bond donors (Lipinski definition) is 3. The van der Waals surface area contributed by atoms with E-state index in [1.54, 1.807) is 5.12 Å². The quantitative estimate of drug-likeness (QED) is 0.641. The maximum Gasteiger partial charge on any atom is 0.344 e. The van der Waals surface area contributed by atoms with Crippen molar-refractivity contribution in [1.82, 2.24) is 25.8 Å². The Labute approximate surface area is 121 Å². The molecule has 4 N–H and O–H groups in total. The van der Waals surface area contributed by atoms with E-state index in [1.165, 1.54) is 0 Å². The highest BCUT2D eigenvalue weighted by Crippen LogP contribution is 2.14. The summed E-state index contributed by atoms with van der Waals surface area (Å²) in [5.74, 6) is 0. The lowest BCUT2D eigenvalue weighted by Crippen LogP contribution is -2.69. The Morgan fingerprint density at radius 1 is 0.900 bits per heavy atom. The van der Waals surface area contributed by atoms with Crippen LogP contribution in [-0.2, 0) is 0 Å². The van der Waals surface area contributed by atoms with Crippen LogP contribution in [0.1, 0.15) is 27.7 Å². The van der Waals surface area contributed by atoms with Crippen LogP contribution in [0.5, 0.6) is 0 Å². The molecule has 0 aliphatic carbocycles. The fourth-order valence-electron chi connectivity index (χ4n) is 3.36. The summed E-state index contributed by atoms with van der Waals surface area (Å²) >= 11 is 0. The molecule has 2 aliphatic rings. The predicted molar refractivity (Wildman–Crippen MR) is 78.7 cm³/mol. The topological polar surface area (TPSA) is 76.9 Å². The molecule has 2 aliphatic heterocycles. The second-order valence-electron chi connectivity index (χ2n) is 6.31. The highest BCUT2D eigenvalue weighted by molar-refractivity contribution is 5.71. The third-order valence-corrected chi connectivity index (χ3v) is 3.81. The van der Waals surface area contributed by atoms with Crippen LogP contribution in [0, 0.1) is 0 Å². The molecule has 0 radical (unpaired) electrons. The SMILES string of the molecule is CC1CN(N(C(N)=O)N2CC(C)NC(C)C2)CC(C)N1. The van der Waals surface area contributed by atoms with Gasteiger partial charge in [0.25, 0.3) is 0 Å². The van der Waals surface area contributed by atoms with Crippen molar-refractivity contribution in [3.8, 4) is 0 Å². The number of hydrazine groups is 2. The summed E-state index contributed by atoms with van der Waals surface area (Å²) in [6.45, 7) is 11.7. The Morgan fingerprint density at radius 2 is 1.20 bits per heavy atom. The summed E-state index contributed by atoms with van der Waals surface area (Å²) in [5, 5.41) is 12.7. The minimum Gasteiger partial charge on any atom is -0.349 e. The normalized spacial score (nSPS) is 36.8. The van der Waals surface area contributed by atoms with Gasteiger partial charge in [0.15, 0.2) is 0 Å². The Hall–Kier alpha value is -0.890. The summed E-state index contributed by atoms with van der Waals surface area (Å²) in [6.07, 6.45) is 0. The molecule has 7 nitrogen and oxygen atoms in total. The fraction of sp³-hybridized carbons (Fsp3) is 0.923. The number of carbonyl (C=O) groups excluding carboxylic acids is 1. The van der Waals surface area contributed by atoms with E-state index in [2.05, 4.69) is 48.3 Å². The van der Waals surface area contributed by atoms with Gasteiger partial charge in [-0.3, -0.25) is 0 Å². The van der Waals surface area contributed by atoms with Crippen LogP contribution in [0.3, 0.4) is 0 Å². The molecule has 0 spiro atoms. The van der Waals surface area contributed by atoms with E-state index in [0.29, 0.717) is 24.2 Å². The molecule has 7 heteroatoms. The summed E-state index contributed by atoms with van der Waals surface area (Å²) < 4.78 is 0. The number of piperazine rings is 2. The lowest BCUT2D eigenvalue weighted by Gasteiger charge is -2.48. The molecule has 20 heavy (non-hydrogen) atoms. The van der Waals surface area contributed by atoms with E-state index in [9.17, 15) is 4.79 Å². The summed E-state index contributed by atoms with van der Waals surface area (Å²) in [6, 6.07) is 0.987. The van der Waals surface area contributed by atoms with Crippen molar-refractivity contribution < 1.29 is 4.79 Å². The van der Waals surface area contributed by atoms with Gasteiger partial charge in [-0.05, 0) is 27.7 Å². The lowest BCUT2D eigenvalue weighted by molar-refractivity contribution is -0.166. The average molecular weight is 284 g/mol. The largest absolute Gasteiger partial charge is 0.349 e. The third kappa shape index (κ3) is 3.60. The van der Waals surface area contributed by atoms with E-state index in [0.717, 1.165) is 26.2 Å². The molecule has 0 bridgehead atoms. The molecule has 0 aromatic heterocycles. The van der Waals surface area contributed by atoms with Gasteiger partial charge < -0.3 is 16.4 Å². The predicted octanol–water partition coefficient (Wildman–Crippen LogP) is -0.438. The molecule has 2 fully saturated rings. The van der Waals surface area contributed by atoms with E-state index >= 15 is 0 Å². The molecule has 2 heterocycles. The second kappa shape index (κ2) is 6.26. The first-order chi connectivity index (χ1) is 9.36. The molecule has 4 atom stereocenters. The zero-order valence-electron chi connectivity index (χ0n) is 13.0.